The summed E-state index contributed by atoms with van der Waals surface area (Å²) >= 11 is 0. The fraction of sp³-hybridized carbons (Fsp3) is 1.00. The Morgan fingerprint density at radius 2 is 1.57 bits per heavy atom. The maximum absolute atomic E-state index is 11.3. The SMILES string of the molecule is CCCCCCNC([O])CCCCC. The molecule has 85 valence electrons. The van der Waals surface area contributed by atoms with Crippen molar-refractivity contribution >= 4 is 0 Å². The zero-order valence-corrected chi connectivity index (χ0v) is 9.85. The van der Waals surface area contributed by atoms with Crippen LogP contribution >= 0.6 is 0 Å². The van der Waals surface area contributed by atoms with Crippen molar-refractivity contribution in [2.24, 2.45) is 0 Å². The molecule has 14 heavy (non-hydrogen) atoms. The van der Waals surface area contributed by atoms with Gasteiger partial charge in [0, 0.05) is 0 Å². The van der Waals surface area contributed by atoms with E-state index in [1.807, 2.05) is 0 Å². The summed E-state index contributed by atoms with van der Waals surface area (Å²) in [7, 11) is 0. The molecule has 0 aromatic rings. The third-order valence-corrected chi connectivity index (χ3v) is 2.47. The molecule has 2 nitrogen and oxygen atoms in total. The lowest BCUT2D eigenvalue weighted by atomic mass is 10.2. The van der Waals surface area contributed by atoms with Gasteiger partial charge in [0.05, 0.1) is 0 Å². The van der Waals surface area contributed by atoms with Crippen LogP contribution in [-0.4, -0.2) is 12.8 Å². The van der Waals surface area contributed by atoms with E-state index in [9.17, 15) is 5.11 Å². The van der Waals surface area contributed by atoms with E-state index in [2.05, 4.69) is 19.2 Å². The smallest absolute Gasteiger partial charge is 0.143 e. The van der Waals surface area contributed by atoms with Gasteiger partial charge in [0.25, 0.3) is 0 Å². The summed E-state index contributed by atoms with van der Waals surface area (Å²) in [6, 6.07) is 0. The van der Waals surface area contributed by atoms with Crippen molar-refractivity contribution in [2.75, 3.05) is 6.54 Å². The van der Waals surface area contributed by atoms with Gasteiger partial charge in [-0.05, 0) is 25.8 Å². The molecule has 0 spiro atoms. The van der Waals surface area contributed by atoms with Crippen LogP contribution in [0, 0.1) is 0 Å². The average Bonchev–Trinajstić information content (AvgIpc) is 2.18. The Bertz CT molecular complexity index is 106. The first kappa shape index (κ1) is 13.9. The summed E-state index contributed by atoms with van der Waals surface area (Å²) in [5.74, 6) is 0. The van der Waals surface area contributed by atoms with E-state index < -0.39 is 6.23 Å². The molecule has 1 N–H and O–H groups in total. The van der Waals surface area contributed by atoms with Gasteiger partial charge in [-0.15, -0.1) is 0 Å². The summed E-state index contributed by atoms with van der Waals surface area (Å²) < 4.78 is 0. The van der Waals surface area contributed by atoms with Crippen LogP contribution in [0.15, 0.2) is 0 Å². The number of hydrogen-bond donors (Lipinski definition) is 1. The second kappa shape index (κ2) is 11.0. The summed E-state index contributed by atoms with van der Waals surface area (Å²) in [5.41, 5.74) is 0. The highest BCUT2D eigenvalue weighted by molar-refractivity contribution is 4.54. The number of rotatable bonds is 10. The van der Waals surface area contributed by atoms with E-state index >= 15 is 0 Å². The van der Waals surface area contributed by atoms with Crippen molar-refractivity contribution in [1.82, 2.24) is 5.32 Å². The van der Waals surface area contributed by atoms with Gasteiger partial charge in [-0.1, -0.05) is 46.0 Å². The van der Waals surface area contributed by atoms with Gasteiger partial charge < -0.3 is 0 Å². The van der Waals surface area contributed by atoms with Crippen LogP contribution in [0.25, 0.3) is 0 Å². The first-order valence-electron chi connectivity index (χ1n) is 6.20. The second-order valence-electron chi connectivity index (χ2n) is 4.00. The third-order valence-electron chi connectivity index (χ3n) is 2.47. The predicted molar refractivity (Wildman–Crippen MR) is 60.8 cm³/mol. The molecular formula is C12H26NO. The molecule has 0 aliphatic rings. The van der Waals surface area contributed by atoms with Crippen molar-refractivity contribution in [2.45, 2.75) is 71.4 Å². The molecule has 2 heteroatoms. The second-order valence-corrected chi connectivity index (χ2v) is 4.00. The summed E-state index contributed by atoms with van der Waals surface area (Å²) in [5, 5.41) is 14.4. The Morgan fingerprint density at radius 3 is 2.21 bits per heavy atom. The zero-order valence-electron chi connectivity index (χ0n) is 9.85. The molecule has 0 aliphatic carbocycles. The Balaban J connectivity index is 3.06. The van der Waals surface area contributed by atoms with Crippen molar-refractivity contribution < 1.29 is 5.11 Å². The lowest BCUT2D eigenvalue weighted by Crippen LogP contribution is -2.28. The molecule has 1 radical (unpaired) electrons. The molecule has 0 amide bonds. The van der Waals surface area contributed by atoms with E-state index in [0.29, 0.717) is 0 Å². The van der Waals surface area contributed by atoms with Gasteiger partial charge in [0.15, 0.2) is 0 Å². The number of unbranched alkanes of at least 4 members (excludes halogenated alkanes) is 5. The number of nitrogens with one attached hydrogen (secondary N) is 1. The predicted octanol–water partition coefficient (Wildman–Crippen LogP) is 3.49. The molecule has 0 aliphatic heterocycles. The van der Waals surface area contributed by atoms with Crippen LogP contribution in [0.4, 0.5) is 0 Å². The Morgan fingerprint density at radius 1 is 0.929 bits per heavy atom. The molecule has 0 heterocycles. The fourth-order valence-electron chi connectivity index (χ4n) is 1.50. The van der Waals surface area contributed by atoms with Crippen LogP contribution in [0.5, 0.6) is 0 Å². The van der Waals surface area contributed by atoms with E-state index in [4.69, 9.17) is 0 Å². The highest BCUT2D eigenvalue weighted by Crippen LogP contribution is 2.02. The minimum Gasteiger partial charge on any atom is -0.289 e. The Labute approximate surface area is 89.1 Å². The van der Waals surface area contributed by atoms with Crippen LogP contribution in [0.2, 0.25) is 0 Å². The van der Waals surface area contributed by atoms with Crippen molar-refractivity contribution in [3.8, 4) is 0 Å². The van der Waals surface area contributed by atoms with Crippen LogP contribution < -0.4 is 5.32 Å². The molecule has 0 aromatic carbocycles. The molecule has 0 saturated carbocycles. The fourth-order valence-corrected chi connectivity index (χ4v) is 1.50. The molecule has 1 atom stereocenters. The lowest BCUT2D eigenvalue weighted by molar-refractivity contribution is 0.0494. The first-order valence-corrected chi connectivity index (χ1v) is 6.20. The van der Waals surface area contributed by atoms with Crippen molar-refractivity contribution in [3.05, 3.63) is 0 Å². The van der Waals surface area contributed by atoms with Gasteiger partial charge in [0.2, 0.25) is 0 Å². The molecule has 0 saturated heterocycles. The molecule has 0 fully saturated rings. The normalized spacial score (nSPS) is 13.1. The molecule has 0 aromatic heterocycles. The topological polar surface area (TPSA) is 31.9 Å². The van der Waals surface area contributed by atoms with E-state index in [1.54, 1.807) is 0 Å². The largest absolute Gasteiger partial charge is 0.289 e. The zero-order chi connectivity index (χ0) is 10.6. The van der Waals surface area contributed by atoms with Crippen molar-refractivity contribution in [1.29, 1.82) is 0 Å². The van der Waals surface area contributed by atoms with Gasteiger partial charge in [-0.2, -0.15) is 0 Å². The molecule has 0 bridgehead atoms. The van der Waals surface area contributed by atoms with Crippen LogP contribution in [0.1, 0.15) is 65.2 Å². The minimum atomic E-state index is -0.525. The number of hydrogen-bond acceptors (Lipinski definition) is 1. The van der Waals surface area contributed by atoms with Crippen LogP contribution in [0.3, 0.4) is 0 Å². The van der Waals surface area contributed by atoms with Gasteiger partial charge in [-0.3, -0.25) is 5.32 Å². The molecule has 1 unspecified atom stereocenters. The van der Waals surface area contributed by atoms with Gasteiger partial charge in [-0.25, -0.2) is 5.11 Å². The van der Waals surface area contributed by atoms with E-state index in [1.165, 1.54) is 32.1 Å². The minimum absolute atomic E-state index is 0.525. The highest BCUT2D eigenvalue weighted by atomic mass is 16.3. The van der Waals surface area contributed by atoms with Gasteiger partial charge >= 0.3 is 0 Å². The standard InChI is InChI=1S/C12H26NO/c1-3-5-7-9-11-13-12(14)10-8-6-4-2/h12-13H,3-11H2,1-2H3. The molecule has 0 rings (SSSR count). The summed E-state index contributed by atoms with van der Waals surface area (Å²) in [4.78, 5) is 0. The third kappa shape index (κ3) is 10.0. The first-order chi connectivity index (χ1) is 6.81. The van der Waals surface area contributed by atoms with E-state index in [-0.39, 0.29) is 0 Å². The quantitative estimate of drug-likeness (QED) is 0.425. The van der Waals surface area contributed by atoms with Crippen molar-refractivity contribution in [3.63, 3.8) is 0 Å². The maximum Gasteiger partial charge on any atom is 0.143 e. The van der Waals surface area contributed by atoms with Crippen LogP contribution in [-0.2, 0) is 5.11 Å². The summed E-state index contributed by atoms with van der Waals surface area (Å²) in [6.45, 7) is 5.27. The monoisotopic (exact) mass is 200 g/mol. The summed E-state index contributed by atoms with van der Waals surface area (Å²) in [6.07, 6.45) is 8.70. The lowest BCUT2D eigenvalue weighted by Gasteiger charge is -2.09. The van der Waals surface area contributed by atoms with E-state index in [0.717, 1.165) is 25.8 Å². The Kier molecular flexibility index (Phi) is 10.9. The average molecular weight is 200 g/mol. The Hall–Kier alpha value is -0.0800. The maximum atomic E-state index is 11.3. The van der Waals surface area contributed by atoms with Gasteiger partial charge in [0.1, 0.15) is 6.23 Å². The highest BCUT2D eigenvalue weighted by Gasteiger charge is 2.02. The molecular weight excluding hydrogens is 174 g/mol.